The molecule has 2 aromatic rings. The number of aryl methyl sites for hydroxylation is 2. The molecule has 1 aromatic carbocycles. The van der Waals surface area contributed by atoms with E-state index in [4.69, 9.17) is 10.8 Å². The minimum Gasteiger partial charge on any atom is -0.323 e. The van der Waals surface area contributed by atoms with Crippen LogP contribution >= 0.6 is 0 Å². The van der Waals surface area contributed by atoms with Crippen LogP contribution in [0, 0.1) is 0 Å². The molecule has 17 heavy (non-hydrogen) atoms. The van der Waals surface area contributed by atoms with E-state index in [1.165, 1.54) is 5.56 Å². The first kappa shape index (κ1) is 11.9. The first-order chi connectivity index (χ1) is 8.30. The fourth-order valence-electron chi connectivity index (χ4n) is 2.15. The second-order valence-electron chi connectivity index (χ2n) is 4.22. The van der Waals surface area contributed by atoms with Gasteiger partial charge in [0, 0.05) is 11.1 Å². The van der Waals surface area contributed by atoms with Gasteiger partial charge in [-0.2, -0.15) is 0 Å². The van der Waals surface area contributed by atoms with Crippen LogP contribution in [0.2, 0.25) is 0 Å². The van der Waals surface area contributed by atoms with Crippen molar-refractivity contribution in [1.29, 1.82) is 0 Å². The van der Waals surface area contributed by atoms with Gasteiger partial charge < -0.3 is 5.43 Å². The van der Waals surface area contributed by atoms with Crippen molar-refractivity contribution in [3.8, 4) is 0 Å². The van der Waals surface area contributed by atoms with Crippen molar-refractivity contribution in [2.24, 2.45) is 5.84 Å². The molecule has 0 atom stereocenters. The molecule has 0 saturated heterocycles. The molecule has 0 bridgehead atoms. The highest BCUT2D eigenvalue weighted by molar-refractivity contribution is 5.93. The van der Waals surface area contributed by atoms with Gasteiger partial charge in [0.1, 0.15) is 0 Å². The zero-order chi connectivity index (χ0) is 12.3. The first-order valence-electron chi connectivity index (χ1n) is 6.18. The number of hydrazine groups is 1. The van der Waals surface area contributed by atoms with Crippen LogP contribution in [0.4, 0.5) is 5.69 Å². The molecule has 90 valence electrons. The molecule has 0 saturated carbocycles. The van der Waals surface area contributed by atoms with Crippen LogP contribution in [-0.2, 0) is 12.8 Å². The molecule has 1 aromatic heterocycles. The molecule has 0 fully saturated rings. The standard InChI is InChI=1S/C14H19N3/c1-3-6-11-9-13(17-15)12-8-5-7-10(4-2)14(12)16-11/h5,7-9H,3-4,6,15H2,1-2H3,(H,16,17). The monoisotopic (exact) mass is 229 g/mol. The molecule has 0 radical (unpaired) electrons. The Kier molecular flexibility index (Phi) is 3.59. The maximum atomic E-state index is 5.59. The van der Waals surface area contributed by atoms with Crippen LogP contribution in [-0.4, -0.2) is 4.98 Å². The SMILES string of the molecule is CCCc1cc(NN)c2cccc(CC)c2n1. The number of nitrogen functional groups attached to an aromatic ring is 1. The summed E-state index contributed by atoms with van der Waals surface area (Å²) in [6, 6.07) is 8.30. The summed E-state index contributed by atoms with van der Waals surface area (Å²) in [6.45, 7) is 4.31. The normalized spacial score (nSPS) is 10.8. The largest absolute Gasteiger partial charge is 0.323 e. The third kappa shape index (κ3) is 2.24. The lowest BCUT2D eigenvalue weighted by molar-refractivity contribution is 0.888. The summed E-state index contributed by atoms with van der Waals surface area (Å²) in [5, 5.41) is 1.10. The van der Waals surface area contributed by atoms with Gasteiger partial charge in [-0.1, -0.05) is 38.5 Å². The molecule has 3 N–H and O–H groups in total. The fourth-order valence-corrected chi connectivity index (χ4v) is 2.15. The Morgan fingerprint density at radius 2 is 2.12 bits per heavy atom. The Morgan fingerprint density at radius 3 is 2.76 bits per heavy atom. The number of aromatic nitrogens is 1. The number of fused-ring (bicyclic) bond motifs is 1. The third-order valence-corrected chi connectivity index (χ3v) is 3.02. The van der Waals surface area contributed by atoms with Gasteiger partial charge in [-0.25, -0.2) is 0 Å². The Morgan fingerprint density at radius 1 is 1.29 bits per heavy atom. The number of hydrogen-bond donors (Lipinski definition) is 2. The second kappa shape index (κ2) is 5.15. The van der Waals surface area contributed by atoms with Gasteiger partial charge in [-0.3, -0.25) is 10.8 Å². The van der Waals surface area contributed by atoms with Gasteiger partial charge in [0.05, 0.1) is 11.2 Å². The molecule has 0 amide bonds. The van der Waals surface area contributed by atoms with E-state index in [9.17, 15) is 0 Å². The predicted octanol–water partition coefficient (Wildman–Crippen LogP) is 3.04. The van der Waals surface area contributed by atoms with Crippen LogP contribution in [0.5, 0.6) is 0 Å². The zero-order valence-corrected chi connectivity index (χ0v) is 10.5. The maximum Gasteiger partial charge on any atom is 0.0758 e. The van der Waals surface area contributed by atoms with E-state index >= 15 is 0 Å². The number of para-hydroxylation sites is 1. The molecular formula is C14H19N3. The number of benzene rings is 1. The molecule has 1 heterocycles. The molecule has 2 rings (SSSR count). The van der Waals surface area contributed by atoms with E-state index in [0.717, 1.165) is 41.5 Å². The minimum absolute atomic E-state index is 0.966. The van der Waals surface area contributed by atoms with Gasteiger partial charge in [0.2, 0.25) is 0 Å². The lowest BCUT2D eigenvalue weighted by Gasteiger charge is -2.11. The van der Waals surface area contributed by atoms with E-state index in [2.05, 4.69) is 37.5 Å². The minimum atomic E-state index is 0.966. The third-order valence-electron chi connectivity index (χ3n) is 3.02. The number of anilines is 1. The van der Waals surface area contributed by atoms with Crippen molar-refractivity contribution in [3.05, 3.63) is 35.5 Å². The van der Waals surface area contributed by atoms with E-state index in [-0.39, 0.29) is 0 Å². The average Bonchev–Trinajstić information content (AvgIpc) is 2.37. The summed E-state index contributed by atoms with van der Waals surface area (Å²) in [6.07, 6.45) is 3.07. The van der Waals surface area contributed by atoms with Crippen LogP contribution in [0.15, 0.2) is 24.3 Å². The second-order valence-corrected chi connectivity index (χ2v) is 4.22. The summed E-state index contributed by atoms with van der Waals surface area (Å²) in [7, 11) is 0. The molecule has 0 unspecified atom stereocenters. The quantitative estimate of drug-likeness (QED) is 0.626. The van der Waals surface area contributed by atoms with E-state index in [1.807, 2.05) is 6.07 Å². The highest BCUT2D eigenvalue weighted by atomic mass is 15.2. The highest BCUT2D eigenvalue weighted by Crippen LogP contribution is 2.25. The van der Waals surface area contributed by atoms with Gasteiger partial charge in [0.25, 0.3) is 0 Å². The van der Waals surface area contributed by atoms with E-state index in [1.54, 1.807) is 0 Å². The summed E-state index contributed by atoms with van der Waals surface area (Å²) in [5.41, 5.74) is 7.20. The molecular weight excluding hydrogens is 210 g/mol. The van der Waals surface area contributed by atoms with Crippen LogP contribution in [0.1, 0.15) is 31.5 Å². The van der Waals surface area contributed by atoms with Crippen molar-refractivity contribution in [3.63, 3.8) is 0 Å². The molecule has 0 aliphatic carbocycles. The Hall–Kier alpha value is -1.61. The maximum absolute atomic E-state index is 5.59. The van der Waals surface area contributed by atoms with Gasteiger partial charge in [-0.15, -0.1) is 0 Å². The number of nitrogens with one attached hydrogen (secondary N) is 1. The number of nitrogens with two attached hydrogens (primary N) is 1. The summed E-state index contributed by atoms with van der Waals surface area (Å²) in [5.74, 6) is 5.59. The van der Waals surface area contributed by atoms with Crippen molar-refractivity contribution in [2.45, 2.75) is 33.1 Å². The van der Waals surface area contributed by atoms with Crippen molar-refractivity contribution >= 4 is 16.6 Å². The number of pyridine rings is 1. The summed E-state index contributed by atoms with van der Waals surface area (Å²) >= 11 is 0. The summed E-state index contributed by atoms with van der Waals surface area (Å²) < 4.78 is 0. The van der Waals surface area contributed by atoms with Crippen LogP contribution < -0.4 is 11.3 Å². The first-order valence-corrected chi connectivity index (χ1v) is 6.18. The smallest absolute Gasteiger partial charge is 0.0758 e. The Labute approximate surface area is 102 Å². The topological polar surface area (TPSA) is 50.9 Å². The van der Waals surface area contributed by atoms with Crippen molar-refractivity contribution < 1.29 is 0 Å². The zero-order valence-electron chi connectivity index (χ0n) is 10.5. The Balaban J connectivity index is 2.68. The van der Waals surface area contributed by atoms with Gasteiger partial charge in [-0.05, 0) is 24.5 Å². The lowest BCUT2D eigenvalue weighted by atomic mass is 10.0. The van der Waals surface area contributed by atoms with E-state index in [0.29, 0.717) is 0 Å². The number of nitrogens with zero attached hydrogens (tertiary/aromatic N) is 1. The molecule has 3 nitrogen and oxygen atoms in total. The number of hydrogen-bond acceptors (Lipinski definition) is 3. The van der Waals surface area contributed by atoms with Gasteiger partial charge >= 0.3 is 0 Å². The summed E-state index contributed by atoms with van der Waals surface area (Å²) in [4.78, 5) is 4.75. The lowest BCUT2D eigenvalue weighted by Crippen LogP contribution is -2.09. The molecule has 3 heteroatoms. The van der Waals surface area contributed by atoms with Crippen LogP contribution in [0.3, 0.4) is 0 Å². The predicted molar refractivity (Wildman–Crippen MR) is 72.9 cm³/mol. The molecule has 0 aliphatic heterocycles. The van der Waals surface area contributed by atoms with Gasteiger partial charge in [0.15, 0.2) is 0 Å². The number of rotatable bonds is 4. The fraction of sp³-hybridized carbons (Fsp3) is 0.357. The van der Waals surface area contributed by atoms with Crippen LogP contribution in [0.25, 0.3) is 10.9 Å². The van der Waals surface area contributed by atoms with E-state index < -0.39 is 0 Å². The highest BCUT2D eigenvalue weighted by Gasteiger charge is 2.07. The molecule has 0 spiro atoms. The van der Waals surface area contributed by atoms with Crippen molar-refractivity contribution in [1.82, 2.24) is 4.98 Å². The molecule has 0 aliphatic rings. The Bertz CT molecular complexity index is 520. The average molecular weight is 229 g/mol. The van der Waals surface area contributed by atoms with Crippen molar-refractivity contribution in [2.75, 3.05) is 5.43 Å².